The summed E-state index contributed by atoms with van der Waals surface area (Å²) in [6, 6.07) is 5.55. The Morgan fingerprint density at radius 3 is 2.77 bits per heavy atom. The van der Waals surface area contributed by atoms with Gasteiger partial charge in [0.15, 0.2) is 6.61 Å². The molecule has 13 heavy (non-hydrogen) atoms. The molecule has 1 aromatic carbocycles. The maximum Gasteiger partial charge on any atom is 0.255 e. The number of halogens is 2. The van der Waals surface area contributed by atoms with Crippen LogP contribution < -0.4 is 10.5 Å². The minimum atomic E-state index is -0.477. The van der Waals surface area contributed by atoms with Crippen molar-refractivity contribution in [3.05, 3.63) is 26.2 Å². The van der Waals surface area contributed by atoms with Crippen LogP contribution in [0.15, 0.2) is 22.7 Å². The molecule has 0 saturated carbocycles. The molecule has 70 valence electrons. The number of benzene rings is 1. The molecular formula is C8H7BrINO2. The van der Waals surface area contributed by atoms with Gasteiger partial charge in [-0.05, 0) is 40.8 Å². The molecule has 0 bridgehead atoms. The summed E-state index contributed by atoms with van der Waals surface area (Å²) >= 11 is 5.48. The summed E-state index contributed by atoms with van der Waals surface area (Å²) in [6.45, 7) is -0.0907. The van der Waals surface area contributed by atoms with E-state index in [2.05, 4.69) is 38.5 Å². The van der Waals surface area contributed by atoms with E-state index in [1.165, 1.54) is 0 Å². The van der Waals surface area contributed by atoms with Gasteiger partial charge >= 0.3 is 0 Å². The van der Waals surface area contributed by atoms with E-state index in [9.17, 15) is 4.79 Å². The normalized spacial score (nSPS) is 9.69. The smallest absolute Gasteiger partial charge is 0.255 e. The van der Waals surface area contributed by atoms with Crippen LogP contribution in [-0.2, 0) is 4.79 Å². The molecule has 3 nitrogen and oxygen atoms in total. The molecule has 1 amide bonds. The maximum atomic E-state index is 10.4. The number of hydrogen-bond donors (Lipinski definition) is 1. The standard InChI is InChI=1S/C8H7BrINO2/c9-5-1-6(10)3-7(2-5)13-4-8(11)12/h1-3H,4H2,(H2,11,12). The topological polar surface area (TPSA) is 52.3 Å². The second-order valence-electron chi connectivity index (χ2n) is 2.36. The molecule has 2 N–H and O–H groups in total. The highest BCUT2D eigenvalue weighted by Crippen LogP contribution is 2.22. The summed E-state index contributed by atoms with van der Waals surface area (Å²) in [5.41, 5.74) is 4.94. The van der Waals surface area contributed by atoms with Crippen molar-refractivity contribution in [2.45, 2.75) is 0 Å². The first-order valence-electron chi connectivity index (χ1n) is 3.45. The fourth-order valence-corrected chi connectivity index (χ4v) is 2.31. The van der Waals surface area contributed by atoms with Crippen LogP contribution in [0.4, 0.5) is 0 Å². The number of nitrogens with two attached hydrogens (primary N) is 1. The molecule has 0 heterocycles. The lowest BCUT2D eigenvalue weighted by molar-refractivity contribution is -0.119. The van der Waals surface area contributed by atoms with Gasteiger partial charge in [-0.25, -0.2) is 0 Å². The van der Waals surface area contributed by atoms with Crippen molar-refractivity contribution in [3.63, 3.8) is 0 Å². The molecular weight excluding hydrogens is 349 g/mol. The predicted molar refractivity (Wildman–Crippen MR) is 61.5 cm³/mol. The van der Waals surface area contributed by atoms with Crippen LogP contribution in [0.1, 0.15) is 0 Å². The molecule has 1 rings (SSSR count). The summed E-state index contributed by atoms with van der Waals surface area (Å²) < 4.78 is 7.07. The van der Waals surface area contributed by atoms with E-state index in [-0.39, 0.29) is 6.61 Å². The Morgan fingerprint density at radius 2 is 2.23 bits per heavy atom. The fourth-order valence-electron chi connectivity index (χ4n) is 0.766. The number of rotatable bonds is 3. The van der Waals surface area contributed by atoms with E-state index in [1.54, 1.807) is 6.07 Å². The number of hydrogen-bond acceptors (Lipinski definition) is 2. The molecule has 0 fully saturated rings. The van der Waals surface area contributed by atoms with Crippen LogP contribution >= 0.6 is 38.5 Å². The maximum absolute atomic E-state index is 10.4. The summed E-state index contributed by atoms with van der Waals surface area (Å²) in [6.07, 6.45) is 0. The molecule has 0 spiro atoms. The van der Waals surface area contributed by atoms with Gasteiger partial charge in [0.05, 0.1) is 0 Å². The Morgan fingerprint density at radius 1 is 1.54 bits per heavy atom. The third-order valence-corrected chi connectivity index (χ3v) is 2.30. The Kier molecular flexibility index (Phi) is 3.98. The summed E-state index contributed by atoms with van der Waals surface area (Å²) in [7, 11) is 0. The van der Waals surface area contributed by atoms with E-state index in [4.69, 9.17) is 10.5 Å². The number of primary amides is 1. The van der Waals surface area contributed by atoms with Crippen LogP contribution in [0, 0.1) is 3.57 Å². The monoisotopic (exact) mass is 355 g/mol. The lowest BCUT2D eigenvalue weighted by atomic mass is 10.3. The Bertz CT molecular complexity index is 310. The molecule has 0 aliphatic rings. The largest absolute Gasteiger partial charge is 0.484 e. The van der Waals surface area contributed by atoms with Crippen LogP contribution in [0.3, 0.4) is 0 Å². The number of carbonyl (C=O) groups is 1. The van der Waals surface area contributed by atoms with Gasteiger partial charge in [0.25, 0.3) is 5.91 Å². The van der Waals surface area contributed by atoms with Crippen molar-refractivity contribution in [2.75, 3.05) is 6.61 Å². The fraction of sp³-hybridized carbons (Fsp3) is 0.125. The first-order valence-corrected chi connectivity index (χ1v) is 5.32. The quantitative estimate of drug-likeness (QED) is 0.842. The van der Waals surface area contributed by atoms with E-state index in [1.807, 2.05) is 12.1 Å². The highest BCUT2D eigenvalue weighted by molar-refractivity contribution is 14.1. The molecule has 5 heteroatoms. The van der Waals surface area contributed by atoms with Crippen LogP contribution in [0.2, 0.25) is 0 Å². The molecule has 0 aromatic heterocycles. The Hall–Kier alpha value is -0.300. The van der Waals surface area contributed by atoms with Crippen molar-refractivity contribution in [1.82, 2.24) is 0 Å². The molecule has 0 aliphatic heterocycles. The average molecular weight is 356 g/mol. The second-order valence-corrected chi connectivity index (χ2v) is 4.52. The van der Waals surface area contributed by atoms with Gasteiger partial charge in [0.1, 0.15) is 5.75 Å². The van der Waals surface area contributed by atoms with Crippen molar-refractivity contribution in [2.24, 2.45) is 5.73 Å². The number of ether oxygens (including phenoxy) is 1. The van der Waals surface area contributed by atoms with Crippen LogP contribution in [-0.4, -0.2) is 12.5 Å². The van der Waals surface area contributed by atoms with Gasteiger partial charge in [-0.3, -0.25) is 4.79 Å². The van der Waals surface area contributed by atoms with Gasteiger partial charge < -0.3 is 10.5 Å². The minimum absolute atomic E-state index is 0.0907. The summed E-state index contributed by atoms with van der Waals surface area (Å²) in [4.78, 5) is 10.4. The van der Waals surface area contributed by atoms with E-state index >= 15 is 0 Å². The SMILES string of the molecule is NC(=O)COc1cc(Br)cc(I)c1. The van der Waals surface area contributed by atoms with Gasteiger partial charge in [-0.2, -0.15) is 0 Å². The zero-order valence-electron chi connectivity index (χ0n) is 6.59. The highest BCUT2D eigenvalue weighted by atomic mass is 127. The van der Waals surface area contributed by atoms with Crippen LogP contribution in [0.5, 0.6) is 5.75 Å². The summed E-state index contributed by atoms with van der Waals surface area (Å²) in [5.74, 6) is 0.160. The van der Waals surface area contributed by atoms with Gasteiger partial charge in [0.2, 0.25) is 0 Å². The van der Waals surface area contributed by atoms with E-state index in [0.717, 1.165) is 8.04 Å². The molecule has 0 atom stereocenters. The van der Waals surface area contributed by atoms with Crippen molar-refractivity contribution >= 4 is 44.4 Å². The lowest BCUT2D eigenvalue weighted by Crippen LogP contribution is -2.20. The second kappa shape index (κ2) is 4.80. The van der Waals surface area contributed by atoms with Crippen LogP contribution in [0.25, 0.3) is 0 Å². The zero-order chi connectivity index (χ0) is 9.84. The third-order valence-electron chi connectivity index (χ3n) is 1.22. The van der Waals surface area contributed by atoms with E-state index in [0.29, 0.717) is 5.75 Å². The number of amides is 1. The summed E-state index contributed by atoms with van der Waals surface area (Å²) in [5, 5.41) is 0. The predicted octanol–water partition coefficient (Wildman–Crippen LogP) is 1.92. The molecule has 0 saturated heterocycles. The highest BCUT2D eigenvalue weighted by Gasteiger charge is 2.00. The first kappa shape index (κ1) is 10.8. The van der Waals surface area contributed by atoms with Gasteiger partial charge in [-0.1, -0.05) is 15.9 Å². The number of carbonyl (C=O) groups excluding carboxylic acids is 1. The average Bonchev–Trinajstić information content (AvgIpc) is 1.99. The van der Waals surface area contributed by atoms with Crippen molar-refractivity contribution in [1.29, 1.82) is 0 Å². The zero-order valence-corrected chi connectivity index (χ0v) is 10.3. The van der Waals surface area contributed by atoms with Crippen molar-refractivity contribution in [3.8, 4) is 5.75 Å². The van der Waals surface area contributed by atoms with Gasteiger partial charge in [-0.15, -0.1) is 0 Å². The lowest BCUT2D eigenvalue weighted by Gasteiger charge is -2.04. The molecule has 0 radical (unpaired) electrons. The van der Waals surface area contributed by atoms with Crippen molar-refractivity contribution < 1.29 is 9.53 Å². The van der Waals surface area contributed by atoms with Gasteiger partial charge in [0, 0.05) is 8.04 Å². The Labute approximate surface area is 97.9 Å². The molecule has 0 unspecified atom stereocenters. The molecule has 0 aliphatic carbocycles. The Balaban J connectivity index is 2.71. The first-order chi connectivity index (χ1) is 6.08. The third kappa shape index (κ3) is 3.95. The minimum Gasteiger partial charge on any atom is -0.484 e. The van der Waals surface area contributed by atoms with E-state index < -0.39 is 5.91 Å². The molecule has 1 aromatic rings.